The van der Waals surface area contributed by atoms with Crippen LogP contribution in [0.25, 0.3) is 61.7 Å². The third-order valence-electron chi connectivity index (χ3n) is 6.68. The molecule has 5 aromatic carbocycles. The van der Waals surface area contributed by atoms with Gasteiger partial charge in [0.2, 0.25) is 0 Å². The molecule has 0 saturated carbocycles. The molecule has 3 nitrogen and oxygen atoms in total. The molecule has 0 amide bonds. The number of benzene rings is 5. The lowest BCUT2D eigenvalue weighted by atomic mass is 9.99. The first kappa shape index (κ1) is 20.5. The van der Waals surface area contributed by atoms with Gasteiger partial charge in [-0.1, -0.05) is 121 Å². The summed E-state index contributed by atoms with van der Waals surface area (Å²) < 4.78 is 8.29. The van der Waals surface area contributed by atoms with Gasteiger partial charge in [-0.2, -0.15) is 4.98 Å². The molecule has 0 radical (unpaired) electrons. The van der Waals surface area contributed by atoms with Gasteiger partial charge in [0.15, 0.2) is 5.58 Å². The third kappa shape index (κ3) is 3.41. The monoisotopic (exact) mass is 462 g/mol. The van der Waals surface area contributed by atoms with Crippen LogP contribution in [0.4, 0.5) is 0 Å². The number of aromatic nitrogens is 2. The summed E-state index contributed by atoms with van der Waals surface area (Å²) in [5.74, 6) is 0.598. The minimum Gasteiger partial charge on any atom is -0.423 e. The minimum atomic E-state index is 0.598. The lowest BCUT2D eigenvalue weighted by molar-refractivity contribution is 0.642. The Morgan fingerprint density at radius 3 is 1.53 bits per heavy atom. The van der Waals surface area contributed by atoms with Crippen molar-refractivity contribution in [2.45, 2.75) is 0 Å². The number of nitrogens with zero attached hydrogens (tertiary/aromatic N) is 2. The number of rotatable bonds is 4. The zero-order valence-electron chi connectivity index (χ0n) is 19.5. The summed E-state index contributed by atoms with van der Waals surface area (Å²) in [5, 5.41) is 0. The van der Waals surface area contributed by atoms with Crippen LogP contribution in [0.5, 0.6) is 0 Å². The number of imidazole rings is 1. The highest BCUT2D eigenvalue weighted by molar-refractivity contribution is 5.88. The van der Waals surface area contributed by atoms with Gasteiger partial charge in [-0.05, 0) is 34.4 Å². The van der Waals surface area contributed by atoms with Crippen molar-refractivity contribution < 1.29 is 4.42 Å². The molecule has 0 unspecified atom stereocenters. The second kappa shape index (κ2) is 8.40. The molecular weight excluding hydrogens is 440 g/mol. The molecule has 0 aliphatic heterocycles. The van der Waals surface area contributed by atoms with Gasteiger partial charge in [0.05, 0.1) is 11.2 Å². The highest BCUT2D eigenvalue weighted by atomic mass is 16.4. The molecule has 3 heteroatoms. The topological polar surface area (TPSA) is 30.4 Å². The van der Waals surface area contributed by atoms with Crippen LogP contribution < -0.4 is 0 Å². The van der Waals surface area contributed by atoms with Gasteiger partial charge in [-0.15, -0.1) is 0 Å². The van der Waals surface area contributed by atoms with Crippen molar-refractivity contribution in [1.29, 1.82) is 0 Å². The Balaban J connectivity index is 1.40. The van der Waals surface area contributed by atoms with Gasteiger partial charge in [-0.25, -0.2) is 0 Å². The van der Waals surface area contributed by atoms with Gasteiger partial charge < -0.3 is 4.42 Å². The summed E-state index contributed by atoms with van der Waals surface area (Å²) in [5.41, 5.74) is 10.7. The molecule has 7 aromatic rings. The molecule has 0 aliphatic rings. The van der Waals surface area contributed by atoms with Gasteiger partial charge in [0, 0.05) is 11.1 Å². The zero-order chi connectivity index (χ0) is 23.9. The van der Waals surface area contributed by atoms with Gasteiger partial charge >= 0.3 is 5.84 Å². The first-order valence-corrected chi connectivity index (χ1v) is 12.1. The van der Waals surface area contributed by atoms with Crippen LogP contribution in [0.15, 0.2) is 138 Å². The fourth-order valence-corrected chi connectivity index (χ4v) is 4.89. The SMILES string of the molecule is c1ccc(-c2ccc(-c3nc4oc5ccccc5n4c3-c3ccc(-c4ccccc4)cc3)cc2)cc1. The molecule has 170 valence electrons. The van der Waals surface area contributed by atoms with Crippen LogP contribution in [-0.2, 0) is 0 Å². The number of para-hydroxylation sites is 2. The normalized spacial score (nSPS) is 11.3. The largest absolute Gasteiger partial charge is 0.423 e. The summed E-state index contributed by atoms with van der Waals surface area (Å²) in [6, 6.07) is 46.3. The average molecular weight is 463 g/mol. The average Bonchev–Trinajstić information content (AvgIpc) is 3.51. The first-order chi connectivity index (χ1) is 17.8. The van der Waals surface area contributed by atoms with E-state index in [4.69, 9.17) is 9.40 Å². The van der Waals surface area contributed by atoms with E-state index >= 15 is 0 Å². The van der Waals surface area contributed by atoms with Crippen molar-refractivity contribution >= 4 is 16.9 Å². The highest BCUT2D eigenvalue weighted by Crippen LogP contribution is 2.37. The van der Waals surface area contributed by atoms with E-state index in [0.29, 0.717) is 5.84 Å². The Bertz CT molecular complexity index is 1790. The molecule has 0 aliphatic carbocycles. The molecule has 0 bridgehead atoms. The van der Waals surface area contributed by atoms with Crippen molar-refractivity contribution in [2.24, 2.45) is 0 Å². The van der Waals surface area contributed by atoms with Gasteiger partial charge in [0.25, 0.3) is 0 Å². The van der Waals surface area contributed by atoms with Gasteiger partial charge in [0.1, 0.15) is 5.69 Å². The maximum Gasteiger partial charge on any atom is 0.307 e. The van der Waals surface area contributed by atoms with E-state index in [2.05, 4.69) is 108 Å². The lowest BCUT2D eigenvalue weighted by Gasteiger charge is -2.08. The summed E-state index contributed by atoms with van der Waals surface area (Å²) in [6.07, 6.45) is 0. The molecule has 0 spiro atoms. The maximum atomic E-state index is 6.15. The van der Waals surface area contributed by atoms with E-state index < -0.39 is 0 Å². The molecule has 7 rings (SSSR count). The summed E-state index contributed by atoms with van der Waals surface area (Å²) in [4.78, 5) is 4.98. The Morgan fingerprint density at radius 2 is 0.917 bits per heavy atom. The predicted octanol–water partition coefficient (Wildman–Crippen LogP) is 8.75. The fraction of sp³-hybridized carbons (Fsp3) is 0. The molecule has 0 saturated heterocycles. The Hall–Kier alpha value is -4.89. The summed E-state index contributed by atoms with van der Waals surface area (Å²) in [7, 11) is 0. The molecule has 0 atom stereocenters. The van der Waals surface area contributed by atoms with Crippen molar-refractivity contribution in [3.8, 4) is 44.8 Å². The van der Waals surface area contributed by atoms with E-state index in [1.165, 1.54) is 22.3 Å². The highest BCUT2D eigenvalue weighted by Gasteiger charge is 2.21. The molecular formula is C33H22N2O. The lowest BCUT2D eigenvalue weighted by Crippen LogP contribution is -1.90. The molecule has 2 aromatic heterocycles. The second-order valence-electron chi connectivity index (χ2n) is 8.88. The van der Waals surface area contributed by atoms with E-state index in [1.807, 2.05) is 30.3 Å². The van der Waals surface area contributed by atoms with Crippen LogP contribution in [0, 0.1) is 0 Å². The standard InChI is InChI=1S/C33H22N2O/c1-3-9-23(10-4-1)25-15-19-27(20-16-25)31-32(35-29-13-7-8-14-30(29)36-33(35)34-31)28-21-17-26(18-22-28)24-11-5-2-6-12-24/h1-22H. The first-order valence-electron chi connectivity index (χ1n) is 12.1. The molecule has 2 heterocycles. The van der Waals surface area contributed by atoms with E-state index in [-0.39, 0.29) is 0 Å². The molecule has 36 heavy (non-hydrogen) atoms. The predicted molar refractivity (Wildman–Crippen MR) is 147 cm³/mol. The number of oxazole rings is 1. The molecule has 0 fully saturated rings. The number of hydrogen-bond acceptors (Lipinski definition) is 2. The zero-order valence-corrected chi connectivity index (χ0v) is 19.5. The minimum absolute atomic E-state index is 0.598. The number of hydrogen-bond donors (Lipinski definition) is 0. The van der Waals surface area contributed by atoms with Crippen LogP contribution in [0.1, 0.15) is 0 Å². The smallest absolute Gasteiger partial charge is 0.307 e. The third-order valence-corrected chi connectivity index (χ3v) is 6.68. The molecule has 0 N–H and O–H groups in total. The Morgan fingerprint density at radius 1 is 0.444 bits per heavy atom. The van der Waals surface area contributed by atoms with Crippen LogP contribution in [0.2, 0.25) is 0 Å². The Kier molecular flexibility index (Phi) is 4.78. The Labute approximate surface area is 208 Å². The quantitative estimate of drug-likeness (QED) is 0.262. The van der Waals surface area contributed by atoms with Crippen LogP contribution >= 0.6 is 0 Å². The number of fused-ring (bicyclic) bond motifs is 3. The fourth-order valence-electron chi connectivity index (χ4n) is 4.89. The van der Waals surface area contributed by atoms with Crippen molar-refractivity contribution in [3.05, 3.63) is 133 Å². The maximum absolute atomic E-state index is 6.15. The van der Waals surface area contributed by atoms with Crippen molar-refractivity contribution in [3.63, 3.8) is 0 Å². The van der Waals surface area contributed by atoms with Crippen molar-refractivity contribution in [2.75, 3.05) is 0 Å². The summed E-state index contributed by atoms with van der Waals surface area (Å²) >= 11 is 0. The van der Waals surface area contributed by atoms with E-state index in [0.717, 1.165) is 33.6 Å². The van der Waals surface area contributed by atoms with E-state index in [9.17, 15) is 0 Å². The summed E-state index contributed by atoms with van der Waals surface area (Å²) in [6.45, 7) is 0. The van der Waals surface area contributed by atoms with Crippen molar-refractivity contribution in [1.82, 2.24) is 9.38 Å². The van der Waals surface area contributed by atoms with Crippen LogP contribution in [-0.4, -0.2) is 9.38 Å². The van der Waals surface area contributed by atoms with E-state index in [1.54, 1.807) is 0 Å². The van der Waals surface area contributed by atoms with Gasteiger partial charge in [-0.3, -0.25) is 4.40 Å². The second-order valence-corrected chi connectivity index (χ2v) is 8.88. The van der Waals surface area contributed by atoms with Crippen LogP contribution in [0.3, 0.4) is 0 Å².